The van der Waals surface area contributed by atoms with Gasteiger partial charge in [0.05, 0.1) is 5.56 Å². The zero-order chi connectivity index (χ0) is 17.3. The first kappa shape index (κ1) is 16.0. The van der Waals surface area contributed by atoms with Gasteiger partial charge in [0.15, 0.2) is 17.7 Å². The zero-order valence-corrected chi connectivity index (χ0v) is 13.0. The lowest BCUT2D eigenvalue weighted by Crippen LogP contribution is -2.38. The molecule has 0 aromatic heterocycles. The molecular weight excluding hydrogens is 313 g/mol. The maximum atomic E-state index is 13.7. The summed E-state index contributed by atoms with van der Waals surface area (Å²) >= 11 is 0. The van der Waals surface area contributed by atoms with Crippen LogP contribution in [0.4, 0.5) is 4.39 Å². The third-order valence-corrected chi connectivity index (χ3v) is 3.99. The molecule has 1 aliphatic heterocycles. The van der Waals surface area contributed by atoms with Crippen molar-refractivity contribution >= 4 is 11.9 Å². The average molecular weight is 329 g/mol. The largest absolute Gasteiger partial charge is 0.478 e. The van der Waals surface area contributed by atoms with E-state index >= 15 is 0 Å². The molecule has 0 fully saturated rings. The maximum absolute atomic E-state index is 13.7. The molecule has 0 aliphatic carbocycles. The number of carboxylic acids is 1. The third-order valence-electron chi connectivity index (χ3n) is 3.99. The lowest BCUT2D eigenvalue weighted by atomic mass is 10.1. The van der Waals surface area contributed by atoms with Gasteiger partial charge in [-0.1, -0.05) is 24.3 Å². The molecule has 1 atom stereocenters. The van der Waals surface area contributed by atoms with Crippen LogP contribution in [0.2, 0.25) is 0 Å². The summed E-state index contributed by atoms with van der Waals surface area (Å²) < 4.78 is 19.1. The number of carboxylic acid groups (broad SMARTS) is 1. The van der Waals surface area contributed by atoms with Gasteiger partial charge in [-0.3, -0.25) is 4.79 Å². The van der Waals surface area contributed by atoms with E-state index in [1.54, 1.807) is 31.3 Å². The van der Waals surface area contributed by atoms with Crippen LogP contribution in [0.1, 0.15) is 21.5 Å². The highest BCUT2D eigenvalue weighted by atomic mass is 19.1. The topological polar surface area (TPSA) is 66.8 Å². The van der Waals surface area contributed by atoms with E-state index in [9.17, 15) is 14.0 Å². The van der Waals surface area contributed by atoms with E-state index in [2.05, 4.69) is 0 Å². The van der Waals surface area contributed by atoms with Gasteiger partial charge < -0.3 is 14.7 Å². The van der Waals surface area contributed by atoms with E-state index in [0.717, 1.165) is 5.56 Å². The van der Waals surface area contributed by atoms with Crippen molar-refractivity contribution in [3.8, 4) is 5.75 Å². The lowest BCUT2D eigenvalue weighted by Gasteiger charge is -2.21. The number of carbonyl (C=O) groups excluding carboxylic acids is 1. The summed E-state index contributed by atoms with van der Waals surface area (Å²) in [6.07, 6.45) is -0.394. The molecule has 124 valence electrons. The molecule has 3 rings (SSSR count). The molecule has 1 amide bonds. The predicted molar refractivity (Wildman–Crippen MR) is 84.4 cm³/mol. The fourth-order valence-corrected chi connectivity index (χ4v) is 2.72. The van der Waals surface area contributed by atoms with Gasteiger partial charge in [0, 0.05) is 25.6 Å². The van der Waals surface area contributed by atoms with Crippen LogP contribution in [0.3, 0.4) is 0 Å². The van der Waals surface area contributed by atoms with Crippen molar-refractivity contribution in [2.75, 3.05) is 7.05 Å². The number of likely N-dealkylation sites (N-methyl/N-ethyl adjacent to an activating group) is 1. The summed E-state index contributed by atoms with van der Waals surface area (Å²) in [6, 6.07) is 11.0. The number of fused-ring (bicyclic) bond motifs is 1. The lowest BCUT2D eigenvalue weighted by molar-refractivity contribution is -0.137. The van der Waals surface area contributed by atoms with Crippen LogP contribution in [-0.2, 0) is 17.8 Å². The Morgan fingerprint density at radius 2 is 1.96 bits per heavy atom. The minimum Gasteiger partial charge on any atom is -0.478 e. The van der Waals surface area contributed by atoms with Crippen molar-refractivity contribution in [1.82, 2.24) is 4.90 Å². The highest BCUT2D eigenvalue weighted by Gasteiger charge is 2.32. The fourth-order valence-electron chi connectivity index (χ4n) is 2.72. The van der Waals surface area contributed by atoms with Crippen LogP contribution >= 0.6 is 0 Å². The minimum atomic E-state index is -0.995. The van der Waals surface area contributed by atoms with Gasteiger partial charge in [-0.25, -0.2) is 9.18 Å². The summed E-state index contributed by atoms with van der Waals surface area (Å²) in [5.41, 5.74) is 1.68. The molecule has 1 aliphatic rings. The van der Waals surface area contributed by atoms with Crippen molar-refractivity contribution in [1.29, 1.82) is 0 Å². The fraction of sp³-hybridized carbons (Fsp3) is 0.222. The second kappa shape index (κ2) is 6.31. The Morgan fingerprint density at radius 3 is 2.58 bits per heavy atom. The molecule has 1 unspecified atom stereocenters. The third kappa shape index (κ3) is 3.08. The van der Waals surface area contributed by atoms with Crippen molar-refractivity contribution in [2.45, 2.75) is 19.1 Å². The van der Waals surface area contributed by atoms with Crippen molar-refractivity contribution < 1.29 is 23.8 Å². The molecule has 0 saturated carbocycles. The van der Waals surface area contributed by atoms with Crippen LogP contribution in [0.15, 0.2) is 42.5 Å². The van der Waals surface area contributed by atoms with Gasteiger partial charge in [0.25, 0.3) is 5.91 Å². The Balaban J connectivity index is 1.66. The highest BCUT2D eigenvalue weighted by Crippen LogP contribution is 2.32. The Hall–Kier alpha value is -2.89. The van der Waals surface area contributed by atoms with Gasteiger partial charge in [-0.15, -0.1) is 0 Å². The average Bonchev–Trinajstić information content (AvgIpc) is 3.00. The molecule has 0 bridgehead atoms. The molecule has 24 heavy (non-hydrogen) atoms. The minimum absolute atomic E-state index is 0.148. The van der Waals surface area contributed by atoms with E-state index in [-0.39, 0.29) is 17.2 Å². The number of nitrogens with zero attached hydrogens (tertiary/aromatic N) is 1. The van der Waals surface area contributed by atoms with Gasteiger partial charge in [-0.2, -0.15) is 0 Å². The van der Waals surface area contributed by atoms with E-state index in [1.165, 1.54) is 23.1 Å². The second-order valence-corrected chi connectivity index (χ2v) is 5.74. The van der Waals surface area contributed by atoms with Gasteiger partial charge >= 0.3 is 5.97 Å². The van der Waals surface area contributed by atoms with Crippen LogP contribution in [0, 0.1) is 5.82 Å². The number of amides is 1. The first-order valence-corrected chi connectivity index (χ1v) is 7.47. The van der Waals surface area contributed by atoms with E-state index in [4.69, 9.17) is 9.84 Å². The van der Waals surface area contributed by atoms with Crippen molar-refractivity contribution in [2.24, 2.45) is 0 Å². The van der Waals surface area contributed by atoms with Crippen LogP contribution in [0.25, 0.3) is 0 Å². The van der Waals surface area contributed by atoms with Gasteiger partial charge in [0.1, 0.15) is 0 Å². The smallest absolute Gasteiger partial charge is 0.335 e. The Labute approximate surface area is 138 Å². The van der Waals surface area contributed by atoms with Crippen molar-refractivity contribution in [3.05, 3.63) is 65.0 Å². The normalized spacial score (nSPS) is 15.5. The molecule has 1 heterocycles. The summed E-state index contributed by atoms with van der Waals surface area (Å²) in [4.78, 5) is 24.8. The molecule has 0 spiro atoms. The van der Waals surface area contributed by atoms with Crippen molar-refractivity contribution in [3.63, 3.8) is 0 Å². The molecule has 0 radical (unpaired) electrons. The number of hydrogen-bond donors (Lipinski definition) is 1. The Bertz CT molecular complexity index is 788. The number of hydrogen-bond acceptors (Lipinski definition) is 3. The number of carbonyl (C=O) groups is 2. The maximum Gasteiger partial charge on any atom is 0.335 e. The van der Waals surface area contributed by atoms with E-state index in [0.29, 0.717) is 18.5 Å². The van der Waals surface area contributed by atoms with Crippen LogP contribution in [-0.4, -0.2) is 35.0 Å². The highest BCUT2D eigenvalue weighted by molar-refractivity contribution is 5.87. The van der Waals surface area contributed by atoms with Crippen LogP contribution in [0.5, 0.6) is 5.75 Å². The van der Waals surface area contributed by atoms with E-state index < -0.39 is 17.9 Å². The number of aromatic carboxylic acids is 1. The SMILES string of the molecule is CN(Cc1ccc(C(=O)O)cc1)C(=O)C1Cc2cccc(F)c2O1. The number of ether oxygens (including phenoxy) is 1. The standard InChI is InChI=1S/C18H16FNO4/c1-20(10-11-5-7-12(8-6-11)18(22)23)17(21)15-9-13-3-2-4-14(19)16(13)24-15/h2-8,15H,9-10H2,1H3,(H,22,23). The zero-order valence-electron chi connectivity index (χ0n) is 13.0. The molecule has 5 nitrogen and oxygen atoms in total. The van der Waals surface area contributed by atoms with Gasteiger partial charge in [-0.05, 0) is 23.8 Å². The molecule has 0 saturated heterocycles. The summed E-state index contributed by atoms with van der Waals surface area (Å²) in [5.74, 6) is -1.55. The Morgan fingerprint density at radius 1 is 1.25 bits per heavy atom. The number of rotatable bonds is 4. The first-order chi connectivity index (χ1) is 11.5. The summed E-state index contributed by atoms with van der Waals surface area (Å²) in [5, 5.41) is 8.89. The molecule has 6 heteroatoms. The summed E-state index contributed by atoms with van der Waals surface area (Å²) in [7, 11) is 1.64. The number of benzene rings is 2. The molecule has 2 aromatic rings. The molecular formula is C18H16FNO4. The summed E-state index contributed by atoms with van der Waals surface area (Å²) in [6.45, 7) is 0.317. The predicted octanol–water partition coefficient (Wildman–Crippen LogP) is 2.49. The second-order valence-electron chi connectivity index (χ2n) is 5.74. The molecule has 1 N–H and O–H groups in total. The monoisotopic (exact) mass is 329 g/mol. The first-order valence-electron chi connectivity index (χ1n) is 7.47. The number of halogens is 1. The van der Waals surface area contributed by atoms with Crippen LogP contribution < -0.4 is 4.74 Å². The van der Waals surface area contributed by atoms with Gasteiger partial charge in [0.2, 0.25) is 0 Å². The Kier molecular flexibility index (Phi) is 4.20. The quantitative estimate of drug-likeness (QED) is 0.936. The molecule has 2 aromatic carbocycles. The van der Waals surface area contributed by atoms with E-state index in [1.807, 2.05) is 0 Å². The number of para-hydroxylation sites is 1.